The van der Waals surface area contributed by atoms with Crippen LogP contribution in [0.25, 0.3) is 11.0 Å². The Balaban J connectivity index is 1.27. The molecule has 35 heavy (non-hydrogen) atoms. The van der Waals surface area contributed by atoms with E-state index in [0.717, 1.165) is 0 Å². The van der Waals surface area contributed by atoms with Gasteiger partial charge in [0.2, 0.25) is 0 Å². The number of nitrogens with one attached hydrogen (secondary N) is 1. The van der Waals surface area contributed by atoms with E-state index in [1.165, 1.54) is 36.0 Å². The number of para-hydroxylation sites is 1. The number of carbonyl (C=O) groups excluding carboxylic acids is 1. The Kier molecular flexibility index (Phi) is 6.18. The van der Waals surface area contributed by atoms with E-state index >= 15 is 0 Å². The minimum absolute atomic E-state index is 0.0191. The SMILES string of the molecule is O=C(c1ccc(NS(=O)(=O)c2cccc3nccnc23)cc1)N1CCC(O)(c2ncc(Cl)s2)CC1. The Hall–Kier alpha value is -3.12. The van der Waals surface area contributed by atoms with Gasteiger partial charge in [-0.25, -0.2) is 13.4 Å². The van der Waals surface area contributed by atoms with Crippen molar-refractivity contribution < 1.29 is 18.3 Å². The van der Waals surface area contributed by atoms with E-state index in [9.17, 15) is 18.3 Å². The molecule has 0 unspecified atom stereocenters. The summed E-state index contributed by atoms with van der Waals surface area (Å²) in [5, 5.41) is 11.5. The van der Waals surface area contributed by atoms with Gasteiger partial charge in [0, 0.05) is 49.6 Å². The molecule has 2 aromatic carbocycles. The summed E-state index contributed by atoms with van der Waals surface area (Å²) in [6.07, 6.45) is 5.16. The van der Waals surface area contributed by atoms with Crippen molar-refractivity contribution in [3.63, 3.8) is 0 Å². The Morgan fingerprint density at radius 2 is 1.77 bits per heavy atom. The third-order valence-corrected chi connectivity index (χ3v) is 8.61. The molecule has 0 saturated carbocycles. The number of fused-ring (bicyclic) bond motifs is 1. The molecular formula is C23H20ClN5O4S2. The number of halogens is 1. The fourth-order valence-corrected chi connectivity index (χ4v) is 6.30. The second-order valence-corrected chi connectivity index (χ2v) is 11.5. The highest BCUT2D eigenvalue weighted by Crippen LogP contribution is 2.36. The summed E-state index contributed by atoms with van der Waals surface area (Å²) >= 11 is 7.19. The molecule has 1 amide bonds. The predicted octanol–water partition coefficient (Wildman–Crippen LogP) is 3.66. The van der Waals surface area contributed by atoms with Gasteiger partial charge < -0.3 is 10.0 Å². The smallest absolute Gasteiger partial charge is 0.264 e. The van der Waals surface area contributed by atoms with Crippen LogP contribution in [0.5, 0.6) is 0 Å². The quantitative estimate of drug-likeness (QED) is 0.404. The van der Waals surface area contributed by atoms with E-state index in [1.54, 1.807) is 41.3 Å². The fraction of sp³-hybridized carbons (Fsp3) is 0.217. The van der Waals surface area contributed by atoms with Gasteiger partial charge in [-0.3, -0.25) is 19.5 Å². The summed E-state index contributed by atoms with van der Waals surface area (Å²) in [5.41, 5.74) is 0.396. The van der Waals surface area contributed by atoms with Gasteiger partial charge in [0.05, 0.1) is 11.7 Å². The number of amides is 1. The lowest BCUT2D eigenvalue weighted by Crippen LogP contribution is -2.45. The number of hydrogen-bond acceptors (Lipinski definition) is 8. The van der Waals surface area contributed by atoms with Crippen LogP contribution >= 0.6 is 22.9 Å². The Morgan fingerprint density at radius 3 is 2.46 bits per heavy atom. The summed E-state index contributed by atoms with van der Waals surface area (Å²) < 4.78 is 29.0. The molecule has 2 N–H and O–H groups in total. The predicted molar refractivity (Wildman–Crippen MR) is 133 cm³/mol. The molecule has 0 radical (unpaired) electrons. The number of nitrogens with zero attached hydrogens (tertiary/aromatic N) is 4. The maximum Gasteiger partial charge on any atom is 0.264 e. The Morgan fingerprint density at radius 1 is 1.06 bits per heavy atom. The molecule has 180 valence electrons. The Labute approximate surface area is 210 Å². The van der Waals surface area contributed by atoms with E-state index in [-0.39, 0.29) is 16.3 Å². The van der Waals surface area contributed by atoms with Gasteiger partial charge in [0.15, 0.2) is 0 Å². The van der Waals surface area contributed by atoms with Gasteiger partial charge in [0.25, 0.3) is 15.9 Å². The van der Waals surface area contributed by atoms with Crippen LogP contribution in [0, 0.1) is 0 Å². The lowest BCUT2D eigenvalue weighted by Gasteiger charge is -2.37. The van der Waals surface area contributed by atoms with Crippen molar-refractivity contribution in [2.45, 2.75) is 23.3 Å². The summed E-state index contributed by atoms with van der Waals surface area (Å²) in [5.74, 6) is -0.192. The average molecular weight is 530 g/mol. The highest BCUT2D eigenvalue weighted by molar-refractivity contribution is 7.93. The van der Waals surface area contributed by atoms with E-state index in [0.29, 0.717) is 52.0 Å². The van der Waals surface area contributed by atoms with Gasteiger partial charge in [-0.1, -0.05) is 17.7 Å². The second-order valence-electron chi connectivity index (χ2n) is 8.16. The van der Waals surface area contributed by atoms with E-state index in [2.05, 4.69) is 19.7 Å². The number of sulfonamides is 1. The second kappa shape index (κ2) is 9.15. The lowest BCUT2D eigenvalue weighted by molar-refractivity contribution is -0.0212. The average Bonchev–Trinajstić information content (AvgIpc) is 3.31. The Bertz CT molecular complexity index is 1490. The van der Waals surface area contributed by atoms with Gasteiger partial charge in [0.1, 0.15) is 25.4 Å². The summed E-state index contributed by atoms with van der Waals surface area (Å²) in [4.78, 5) is 27.1. The fourth-order valence-electron chi connectivity index (χ4n) is 4.02. The molecule has 9 nitrogen and oxygen atoms in total. The number of hydrogen-bond donors (Lipinski definition) is 2. The topological polar surface area (TPSA) is 125 Å². The first-order chi connectivity index (χ1) is 16.7. The molecule has 1 saturated heterocycles. The van der Waals surface area contributed by atoms with Crippen molar-refractivity contribution in [1.29, 1.82) is 0 Å². The highest BCUT2D eigenvalue weighted by Gasteiger charge is 2.38. The number of thiazole rings is 1. The molecular weight excluding hydrogens is 510 g/mol. The van der Waals surface area contributed by atoms with Crippen molar-refractivity contribution in [1.82, 2.24) is 19.9 Å². The van der Waals surface area contributed by atoms with Crippen molar-refractivity contribution >= 4 is 55.6 Å². The number of anilines is 1. The number of rotatable bonds is 5. The number of likely N-dealkylation sites (tertiary alicyclic amines) is 1. The highest BCUT2D eigenvalue weighted by atomic mass is 35.5. The molecule has 0 aliphatic carbocycles. The molecule has 0 spiro atoms. The van der Waals surface area contributed by atoms with Gasteiger partial charge in [-0.05, 0) is 36.4 Å². The van der Waals surface area contributed by atoms with Crippen LogP contribution in [0.1, 0.15) is 28.2 Å². The van der Waals surface area contributed by atoms with Crippen molar-refractivity contribution in [2.24, 2.45) is 0 Å². The first kappa shape index (κ1) is 23.6. The van der Waals surface area contributed by atoms with Crippen LogP contribution < -0.4 is 4.72 Å². The molecule has 4 aromatic rings. The summed E-state index contributed by atoms with van der Waals surface area (Å²) in [6.45, 7) is 0.728. The van der Waals surface area contributed by atoms with Gasteiger partial charge in [-0.15, -0.1) is 11.3 Å². The molecule has 2 aromatic heterocycles. The van der Waals surface area contributed by atoms with Crippen LogP contribution in [0.2, 0.25) is 4.34 Å². The molecule has 1 aliphatic heterocycles. The molecule has 5 rings (SSSR count). The number of piperidine rings is 1. The monoisotopic (exact) mass is 529 g/mol. The van der Waals surface area contributed by atoms with Crippen molar-refractivity contribution in [3.8, 4) is 0 Å². The zero-order valence-corrected chi connectivity index (χ0v) is 20.6. The molecule has 1 aliphatic rings. The van der Waals surface area contributed by atoms with Crippen LogP contribution in [0.3, 0.4) is 0 Å². The first-order valence-electron chi connectivity index (χ1n) is 10.7. The largest absolute Gasteiger partial charge is 0.383 e. The standard InChI is InChI=1S/C23H20ClN5O4S2/c24-19-14-27-22(34-19)23(31)8-12-29(13-9-23)21(30)15-4-6-16(7-5-15)28-35(32,33)18-3-1-2-17-20(18)26-11-10-25-17/h1-7,10-11,14,28,31H,8-9,12-13H2. The lowest BCUT2D eigenvalue weighted by atomic mass is 9.92. The molecule has 1 fully saturated rings. The minimum Gasteiger partial charge on any atom is -0.383 e. The van der Waals surface area contributed by atoms with E-state index in [4.69, 9.17) is 11.6 Å². The zero-order chi connectivity index (χ0) is 24.6. The van der Waals surface area contributed by atoms with Crippen LogP contribution in [0.4, 0.5) is 5.69 Å². The summed E-state index contributed by atoms with van der Waals surface area (Å²) in [6, 6.07) is 11.0. The number of aromatic nitrogens is 3. The molecule has 3 heterocycles. The third-order valence-electron chi connectivity index (χ3n) is 5.89. The van der Waals surface area contributed by atoms with Crippen molar-refractivity contribution in [3.05, 3.63) is 76.0 Å². The zero-order valence-electron chi connectivity index (χ0n) is 18.3. The van der Waals surface area contributed by atoms with Gasteiger partial charge in [-0.2, -0.15) is 0 Å². The first-order valence-corrected chi connectivity index (χ1v) is 13.4. The van der Waals surface area contributed by atoms with E-state index < -0.39 is 15.6 Å². The molecule has 0 bridgehead atoms. The van der Waals surface area contributed by atoms with Crippen LogP contribution in [0.15, 0.2) is 66.0 Å². The number of benzene rings is 2. The van der Waals surface area contributed by atoms with Crippen LogP contribution in [-0.4, -0.2) is 52.4 Å². The van der Waals surface area contributed by atoms with Crippen LogP contribution in [-0.2, 0) is 15.6 Å². The number of aliphatic hydroxyl groups is 1. The maximum atomic E-state index is 13.0. The maximum absolute atomic E-state index is 13.0. The summed E-state index contributed by atoms with van der Waals surface area (Å²) in [7, 11) is -3.92. The molecule has 0 atom stereocenters. The minimum atomic E-state index is -3.92. The normalized spacial score (nSPS) is 15.8. The third kappa shape index (κ3) is 4.72. The van der Waals surface area contributed by atoms with Gasteiger partial charge >= 0.3 is 0 Å². The molecule has 12 heteroatoms. The number of carbonyl (C=O) groups is 1. The van der Waals surface area contributed by atoms with Crippen molar-refractivity contribution in [2.75, 3.05) is 17.8 Å². The van der Waals surface area contributed by atoms with E-state index in [1.807, 2.05) is 0 Å².